The third kappa shape index (κ3) is 4.63. The van der Waals surface area contributed by atoms with E-state index in [4.69, 9.17) is 0 Å². The van der Waals surface area contributed by atoms with E-state index in [1.54, 1.807) is 17.0 Å². The van der Waals surface area contributed by atoms with Crippen LogP contribution in [0.3, 0.4) is 0 Å². The lowest BCUT2D eigenvalue weighted by atomic mass is 10.1. The number of phenolic OH excluding ortho intramolecular Hbond substituents is 1. The molecule has 1 aliphatic heterocycles. The molecule has 2 amide bonds. The van der Waals surface area contributed by atoms with Gasteiger partial charge in [-0.3, -0.25) is 0 Å². The second-order valence-electron chi connectivity index (χ2n) is 7.47. The maximum atomic E-state index is 12.5. The molecule has 5 heteroatoms. The van der Waals surface area contributed by atoms with Crippen molar-refractivity contribution in [3.05, 3.63) is 29.8 Å². The van der Waals surface area contributed by atoms with Gasteiger partial charge in [0.05, 0.1) is 0 Å². The van der Waals surface area contributed by atoms with E-state index in [1.807, 2.05) is 19.2 Å². The number of amides is 2. The van der Waals surface area contributed by atoms with Crippen LogP contribution in [0.15, 0.2) is 24.3 Å². The third-order valence-electron chi connectivity index (χ3n) is 5.26. The average Bonchev–Trinajstić information content (AvgIpc) is 3.27. The summed E-state index contributed by atoms with van der Waals surface area (Å²) in [4.78, 5) is 16.8. The Kier molecular flexibility index (Phi) is 5.29. The minimum Gasteiger partial charge on any atom is -0.508 e. The summed E-state index contributed by atoms with van der Waals surface area (Å²) in [6.45, 7) is 5.36. The summed E-state index contributed by atoms with van der Waals surface area (Å²) in [7, 11) is 1.86. The SMILES string of the molecule is C[C@@H](Cc1ccc(O)cc1)N(C)C(=O)N[C@@H]1CCN(CC2CC2)C1. The first-order chi connectivity index (χ1) is 11.5. The molecule has 0 radical (unpaired) electrons. The Hall–Kier alpha value is -1.75. The first-order valence-electron chi connectivity index (χ1n) is 9.05. The van der Waals surface area contributed by atoms with E-state index in [0.717, 1.165) is 37.4 Å². The quantitative estimate of drug-likeness (QED) is 0.842. The molecule has 1 aliphatic carbocycles. The van der Waals surface area contributed by atoms with Gasteiger partial charge in [0.15, 0.2) is 0 Å². The van der Waals surface area contributed by atoms with E-state index in [-0.39, 0.29) is 23.9 Å². The second kappa shape index (κ2) is 7.43. The van der Waals surface area contributed by atoms with Crippen LogP contribution < -0.4 is 5.32 Å². The van der Waals surface area contributed by atoms with Crippen LogP contribution in [0.4, 0.5) is 4.79 Å². The summed E-state index contributed by atoms with van der Waals surface area (Å²) >= 11 is 0. The van der Waals surface area contributed by atoms with E-state index >= 15 is 0 Å². The van der Waals surface area contributed by atoms with Crippen LogP contribution >= 0.6 is 0 Å². The number of likely N-dealkylation sites (N-methyl/N-ethyl adjacent to an activating group) is 1. The zero-order valence-electron chi connectivity index (χ0n) is 14.7. The van der Waals surface area contributed by atoms with Gasteiger partial charge in [0.25, 0.3) is 0 Å². The largest absolute Gasteiger partial charge is 0.508 e. The molecule has 132 valence electrons. The molecule has 5 nitrogen and oxygen atoms in total. The Morgan fingerprint density at radius 1 is 1.33 bits per heavy atom. The van der Waals surface area contributed by atoms with Gasteiger partial charge in [-0.15, -0.1) is 0 Å². The Labute approximate surface area is 144 Å². The molecule has 1 heterocycles. The average molecular weight is 331 g/mol. The summed E-state index contributed by atoms with van der Waals surface area (Å²) in [5.74, 6) is 1.18. The summed E-state index contributed by atoms with van der Waals surface area (Å²) in [6.07, 6.45) is 4.59. The molecule has 0 bridgehead atoms. The minimum absolute atomic E-state index is 0.0135. The van der Waals surface area contributed by atoms with Gasteiger partial charge in [-0.2, -0.15) is 0 Å². The lowest BCUT2D eigenvalue weighted by molar-refractivity contribution is 0.189. The highest BCUT2D eigenvalue weighted by molar-refractivity contribution is 5.74. The number of hydrogen-bond acceptors (Lipinski definition) is 3. The lowest BCUT2D eigenvalue weighted by Gasteiger charge is -2.27. The van der Waals surface area contributed by atoms with Crippen molar-refractivity contribution in [3.8, 4) is 5.75 Å². The molecule has 1 aromatic rings. The highest BCUT2D eigenvalue weighted by Crippen LogP contribution is 2.30. The van der Waals surface area contributed by atoms with Crippen molar-refractivity contribution in [1.82, 2.24) is 15.1 Å². The molecule has 3 rings (SSSR count). The van der Waals surface area contributed by atoms with Crippen molar-refractivity contribution in [2.24, 2.45) is 5.92 Å². The Morgan fingerprint density at radius 2 is 2.04 bits per heavy atom. The molecule has 1 saturated carbocycles. The molecule has 2 N–H and O–H groups in total. The summed E-state index contributed by atoms with van der Waals surface area (Å²) in [6, 6.07) is 7.59. The fraction of sp³-hybridized carbons (Fsp3) is 0.632. The van der Waals surface area contributed by atoms with Gasteiger partial charge >= 0.3 is 6.03 Å². The van der Waals surface area contributed by atoms with Crippen molar-refractivity contribution in [1.29, 1.82) is 0 Å². The molecule has 0 unspecified atom stereocenters. The predicted molar refractivity (Wildman–Crippen MR) is 95.1 cm³/mol. The van der Waals surface area contributed by atoms with Crippen molar-refractivity contribution in [2.45, 2.75) is 44.7 Å². The van der Waals surface area contributed by atoms with Crippen molar-refractivity contribution >= 4 is 6.03 Å². The molecule has 24 heavy (non-hydrogen) atoms. The number of benzene rings is 1. The van der Waals surface area contributed by atoms with Gasteiger partial charge in [-0.25, -0.2) is 4.79 Å². The number of likely N-dealkylation sites (tertiary alicyclic amines) is 1. The number of nitrogens with zero attached hydrogens (tertiary/aromatic N) is 2. The van der Waals surface area contributed by atoms with E-state index in [9.17, 15) is 9.90 Å². The highest BCUT2D eigenvalue weighted by atomic mass is 16.3. The maximum Gasteiger partial charge on any atom is 0.317 e. The normalized spacial score (nSPS) is 22.3. The summed E-state index contributed by atoms with van der Waals surface area (Å²) in [5, 5.41) is 12.5. The number of nitrogens with one attached hydrogen (secondary N) is 1. The van der Waals surface area contributed by atoms with Gasteiger partial charge in [-0.05, 0) is 56.2 Å². The van der Waals surface area contributed by atoms with Crippen molar-refractivity contribution in [3.63, 3.8) is 0 Å². The number of urea groups is 1. The van der Waals surface area contributed by atoms with E-state index in [2.05, 4.69) is 17.1 Å². The van der Waals surface area contributed by atoms with Crippen LogP contribution in [0.2, 0.25) is 0 Å². The van der Waals surface area contributed by atoms with Gasteiger partial charge in [0.2, 0.25) is 0 Å². The van der Waals surface area contributed by atoms with Crippen LogP contribution in [0, 0.1) is 5.92 Å². The number of hydrogen-bond donors (Lipinski definition) is 2. The van der Waals surface area contributed by atoms with Gasteiger partial charge in [0, 0.05) is 38.8 Å². The van der Waals surface area contributed by atoms with Crippen LogP contribution in [-0.4, -0.2) is 59.7 Å². The standard InChI is InChI=1S/C19H29N3O2/c1-14(11-15-5-7-18(23)8-6-15)21(2)19(24)20-17-9-10-22(13-17)12-16-3-4-16/h5-8,14,16-17,23H,3-4,9-13H2,1-2H3,(H,20,24)/t14-,17+/m0/s1. The van der Waals surface area contributed by atoms with Gasteiger partial charge in [0.1, 0.15) is 5.75 Å². The molecule has 2 aliphatic rings. The molecular formula is C19H29N3O2. The fourth-order valence-electron chi connectivity index (χ4n) is 3.37. The zero-order valence-corrected chi connectivity index (χ0v) is 14.7. The topological polar surface area (TPSA) is 55.8 Å². The van der Waals surface area contributed by atoms with E-state index in [1.165, 1.54) is 19.4 Å². The smallest absolute Gasteiger partial charge is 0.317 e. The Bertz CT molecular complexity index is 556. The van der Waals surface area contributed by atoms with Crippen LogP contribution in [0.5, 0.6) is 5.75 Å². The number of phenols is 1. The van der Waals surface area contributed by atoms with Gasteiger partial charge in [-0.1, -0.05) is 12.1 Å². The Balaban J connectivity index is 1.44. The third-order valence-corrected chi connectivity index (χ3v) is 5.26. The first-order valence-corrected chi connectivity index (χ1v) is 9.05. The van der Waals surface area contributed by atoms with E-state index < -0.39 is 0 Å². The molecular weight excluding hydrogens is 302 g/mol. The molecule has 1 aromatic carbocycles. The highest BCUT2D eigenvalue weighted by Gasteiger charge is 2.30. The number of aromatic hydroxyl groups is 1. The molecule has 0 spiro atoms. The Morgan fingerprint density at radius 3 is 2.71 bits per heavy atom. The summed E-state index contributed by atoms with van der Waals surface area (Å²) < 4.78 is 0. The number of carbonyl (C=O) groups is 1. The molecule has 0 aromatic heterocycles. The lowest BCUT2D eigenvalue weighted by Crippen LogP contribution is -2.47. The molecule has 2 atom stereocenters. The molecule has 2 fully saturated rings. The maximum absolute atomic E-state index is 12.5. The summed E-state index contributed by atoms with van der Waals surface area (Å²) in [5.41, 5.74) is 1.12. The minimum atomic E-state index is 0.0135. The zero-order chi connectivity index (χ0) is 17.1. The molecule has 1 saturated heterocycles. The van der Waals surface area contributed by atoms with Crippen LogP contribution in [0.1, 0.15) is 31.7 Å². The first kappa shape index (κ1) is 17.1. The van der Waals surface area contributed by atoms with Gasteiger partial charge < -0.3 is 20.2 Å². The fourth-order valence-corrected chi connectivity index (χ4v) is 3.37. The van der Waals surface area contributed by atoms with Crippen LogP contribution in [-0.2, 0) is 6.42 Å². The van der Waals surface area contributed by atoms with Crippen LogP contribution in [0.25, 0.3) is 0 Å². The second-order valence-corrected chi connectivity index (χ2v) is 7.47. The van der Waals surface area contributed by atoms with E-state index in [0.29, 0.717) is 0 Å². The van der Waals surface area contributed by atoms with Crippen molar-refractivity contribution in [2.75, 3.05) is 26.7 Å². The predicted octanol–water partition coefficient (Wildman–Crippen LogP) is 2.45. The number of rotatable bonds is 6. The monoisotopic (exact) mass is 331 g/mol. The van der Waals surface area contributed by atoms with Crippen molar-refractivity contribution < 1.29 is 9.90 Å². The number of carbonyl (C=O) groups excluding carboxylic acids is 1.